The molecule has 0 atom stereocenters. The van der Waals surface area contributed by atoms with Gasteiger partial charge in [0.15, 0.2) is 0 Å². The largest absolute Gasteiger partial charge is 0.403 e. The van der Waals surface area contributed by atoms with E-state index in [9.17, 15) is 0 Å². The second-order valence-electron chi connectivity index (χ2n) is 5.12. The molecule has 0 amide bonds. The molecule has 106 valence electrons. The van der Waals surface area contributed by atoms with Crippen LogP contribution in [0.15, 0.2) is 22.7 Å². The number of rotatable bonds is 3. The summed E-state index contributed by atoms with van der Waals surface area (Å²) in [5.41, 5.74) is 1.91. The van der Waals surface area contributed by atoms with Crippen molar-refractivity contribution in [2.24, 2.45) is 0 Å². The minimum atomic E-state index is 0.413. The monoisotopic (exact) mass is 274 g/mol. The van der Waals surface area contributed by atoms with Gasteiger partial charge in [0.1, 0.15) is 0 Å². The van der Waals surface area contributed by atoms with Gasteiger partial charge in [-0.05, 0) is 18.1 Å². The molecule has 1 saturated heterocycles. The van der Waals surface area contributed by atoms with Crippen LogP contribution in [-0.2, 0) is 4.74 Å². The molecule has 0 radical (unpaired) electrons. The molecule has 1 aliphatic rings. The molecule has 2 aromatic heterocycles. The van der Waals surface area contributed by atoms with E-state index in [-0.39, 0.29) is 0 Å². The van der Waals surface area contributed by atoms with Crippen molar-refractivity contribution in [3.8, 4) is 11.5 Å². The van der Waals surface area contributed by atoms with Crippen LogP contribution in [0.5, 0.6) is 0 Å². The molecule has 0 saturated carbocycles. The number of ether oxygens (including phenoxy) is 1. The molecule has 0 bridgehead atoms. The molecule has 3 rings (SSSR count). The van der Waals surface area contributed by atoms with Crippen LogP contribution < -0.4 is 4.90 Å². The van der Waals surface area contributed by atoms with Crippen molar-refractivity contribution in [2.45, 2.75) is 19.8 Å². The predicted octanol–water partition coefficient (Wildman–Crippen LogP) is 2.09. The summed E-state index contributed by atoms with van der Waals surface area (Å²) in [7, 11) is 0. The van der Waals surface area contributed by atoms with Gasteiger partial charge in [-0.15, -0.1) is 5.10 Å². The maximum absolute atomic E-state index is 5.72. The Bertz CT molecular complexity index is 559. The lowest BCUT2D eigenvalue weighted by molar-refractivity contribution is 0.120. The first-order valence-corrected chi connectivity index (χ1v) is 6.86. The molecule has 0 aromatic carbocycles. The second kappa shape index (κ2) is 5.58. The molecule has 0 unspecified atom stereocenters. The van der Waals surface area contributed by atoms with Crippen molar-refractivity contribution in [1.29, 1.82) is 0 Å². The molecular formula is C14H18N4O2. The van der Waals surface area contributed by atoms with Crippen molar-refractivity contribution in [2.75, 3.05) is 31.2 Å². The van der Waals surface area contributed by atoms with E-state index in [1.165, 1.54) is 0 Å². The Hall–Kier alpha value is -1.95. The summed E-state index contributed by atoms with van der Waals surface area (Å²) in [4.78, 5) is 6.45. The average molecular weight is 274 g/mol. The highest BCUT2D eigenvalue weighted by atomic mass is 16.5. The van der Waals surface area contributed by atoms with E-state index in [0.29, 0.717) is 31.0 Å². The summed E-state index contributed by atoms with van der Waals surface area (Å²) < 4.78 is 11.0. The first-order valence-electron chi connectivity index (χ1n) is 6.86. The first kappa shape index (κ1) is 13.1. The summed E-state index contributed by atoms with van der Waals surface area (Å²) in [6.07, 6.45) is 1.78. The van der Waals surface area contributed by atoms with E-state index in [1.54, 1.807) is 6.20 Å². The molecule has 6 nitrogen and oxygen atoms in total. The Morgan fingerprint density at radius 2 is 1.95 bits per heavy atom. The van der Waals surface area contributed by atoms with Crippen molar-refractivity contribution in [3.05, 3.63) is 24.0 Å². The summed E-state index contributed by atoms with van der Waals surface area (Å²) in [6, 6.07) is 4.52. The van der Waals surface area contributed by atoms with Crippen LogP contribution in [0.25, 0.3) is 11.5 Å². The summed E-state index contributed by atoms with van der Waals surface area (Å²) in [5.74, 6) is 0.921. The van der Waals surface area contributed by atoms with Crippen molar-refractivity contribution < 1.29 is 9.15 Å². The number of pyridine rings is 1. The van der Waals surface area contributed by atoms with E-state index in [0.717, 1.165) is 24.3 Å². The Labute approximate surface area is 117 Å². The smallest absolute Gasteiger partial charge is 0.318 e. The zero-order valence-electron chi connectivity index (χ0n) is 11.7. The number of hydrogen-bond donors (Lipinski definition) is 0. The average Bonchev–Trinajstić information content (AvgIpc) is 2.98. The number of anilines is 1. The zero-order valence-corrected chi connectivity index (χ0v) is 11.7. The van der Waals surface area contributed by atoms with Gasteiger partial charge in [0.2, 0.25) is 0 Å². The third kappa shape index (κ3) is 2.65. The fourth-order valence-electron chi connectivity index (χ4n) is 2.09. The number of aromatic nitrogens is 3. The summed E-state index contributed by atoms with van der Waals surface area (Å²) >= 11 is 0. The topological polar surface area (TPSA) is 64.3 Å². The van der Waals surface area contributed by atoms with Crippen LogP contribution in [0.2, 0.25) is 0 Å². The van der Waals surface area contributed by atoms with Gasteiger partial charge in [-0.3, -0.25) is 4.98 Å². The minimum absolute atomic E-state index is 0.413. The van der Waals surface area contributed by atoms with Crippen LogP contribution in [0.1, 0.15) is 25.5 Å². The fourth-order valence-corrected chi connectivity index (χ4v) is 2.09. The quantitative estimate of drug-likeness (QED) is 0.854. The van der Waals surface area contributed by atoms with Gasteiger partial charge in [0.05, 0.1) is 18.8 Å². The lowest BCUT2D eigenvalue weighted by Crippen LogP contribution is -2.36. The molecule has 20 heavy (non-hydrogen) atoms. The van der Waals surface area contributed by atoms with Crippen LogP contribution >= 0.6 is 0 Å². The second-order valence-corrected chi connectivity index (χ2v) is 5.12. The van der Waals surface area contributed by atoms with Gasteiger partial charge < -0.3 is 14.1 Å². The normalized spacial score (nSPS) is 15.8. The maximum Gasteiger partial charge on any atom is 0.318 e. The van der Waals surface area contributed by atoms with Crippen molar-refractivity contribution in [3.63, 3.8) is 0 Å². The van der Waals surface area contributed by atoms with Gasteiger partial charge in [0, 0.05) is 25.0 Å². The van der Waals surface area contributed by atoms with Gasteiger partial charge in [-0.1, -0.05) is 18.9 Å². The Balaban J connectivity index is 1.78. The highest BCUT2D eigenvalue weighted by molar-refractivity contribution is 5.52. The molecule has 1 aliphatic heterocycles. The van der Waals surface area contributed by atoms with Crippen molar-refractivity contribution >= 4 is 6.01 Å². The van der Waals surface area contributed by atoms with Gasteiger partial charge >= 0.3 is 6.01 Å². The SMILES string of the molecule is CC(C)c1ccc(-c2nnc(N3CCOCC3)o2)cn1. The van der Waals surface area contributed by atoms with E-state index in [2.05, 4.69) is 29.0 Å². The molecule has 2 aromatic rings. The lowest BCUT2D eigenvalue weighted by atomic mass is 10.1. The molecule has 1 fully saturated rings. The Morgan fingerprint density at radius 3 is 2.60 bits per heavy atom. The predicted molar refractivity (Wildman–Crippen MR) is 74.7 cm³/mol. The summed E-state index contributed by atoms with van der Waals surface area (Å²) in [6.45, 7) is 7.19. The van der Waals surface area contributed by atoms with Gasteiger partial charge in [-0.25, -0.2) is 0 Å². The van der Waals surface area contributed by atoms with E-state index >= 15 is 0 Å². The maximum atomic E-state index is 5.72. The summed E-state index contributed by atoms with van der Waals surface area (Å²) in [5, 5.41) is 8.20. The first-order chi connectivity index (χ1) is 9.74. The highest BCUT2D eigenvalue weighted by Gasteiger charge is 2.18. The molecule has 0 aliphatic carbocycles. The Kier molecular flexibility index (Phi) is 3.64. The zero-order chi connectivity index (χ0) is 13.9. The van der Waals surface area contributed by atoms with E-state index < -0.39 is 0 Å². The molecule has 3 heterocycles. The fraction of sp³-hybridized carbons (Fsp3) is 0.500. The molecule has 0 spiro atoms. The van der Waals surface area contributed by atoms with E-state index in [1.807, 2.05) is 17.0 Å². The molecular weight excluding hydrogens is 256 g/mol. The minimum Gasteiger partial charge on any atom is -0.403 e. The number of nitrogens with zero attached hydrogens (tertiary/aromatic N) is 4. The third-order valence-electron chi connectivity index (χ3n) is 3.32. The van der Waals surface area contributed by atoms with Crippen LogP contribution in [0.4, 0.5) is 6.01 Å². The van der Waals surface area contributed by atoms with Gasteiger partial charge in [-0.2, -0.15) is 0 Å². The molecule has 0 N–H and O–H groups in total. The third-order valence-corrected chi connectivity index (χ3v) is 3.32. The van der Waals surface area contributed by atoms with Crippen LogP contribution in [0, 0.1) is 0 Å². The van der Waals surface area contributed by atoms with Gasteiger partial charge in [0.25, 0.3) is 5.89 Å². The van der Waals surface area contributed by atoms with Crippen LogP contribution in [-0.4, -0.2) is 41.5 Å². The number of morpholine rings is 1. The lowest BCUT2D eigenvalue weighted by Gasteiger charge is -2.24. The Morgan fingerprint density at radius 1 is 1.15 bits per heavy atom. The van der Waals surface area contributed by atoms with Crippen LogP contribution in [0.3, 0.4) is 0 Å². The molecule has 6 heteroatoms. The highest BCUT2D eigenvalue weighted by Crippen LogP contribution is 2.23. The van der Waals surface area contributed by atoms with E-state index in [4.69, 9.17) is 9.15 Å². The number of hydrogen-bond acceptors (Lipinski definition) is 6. The standard InChI is InChI=1S/C14H18N4O2/c1-10(2)12-4-3-11(9-15-12)13-16-17-14(20-13)18-5-7-19-8-6-18/h3-4,9-10H,5-8H2,1-2H3. The van der Waals surface area contributed by atoms with Crippen molar-refractivity contribution in [1.82, 2.24) is 15.2 Å².